The second-order valence-corrected chi connectivity index (χ2v) is 8.36. The van der Waals surface area contributed by atoms with Crippen LogP contribution in [0.5, 0.6) is 0 Å². The number of rotatable bonds is 4. The number of amides is 1. The maximum absolute atomic E-state index is 12.8. The normalized spacial score (nSPS) is 16.6. The Kier molecular flexibility index (Phi) is 5.07. The molecule has 2 heterocycles. The van der Waals surface area contributed by atoms with E-state index in [-0.39, 0.29) is 22.9 Å². The summed E-state index contributed by atoms with van der Waals surface area (Å²) in [5.41, 5.74) is 1.75. The largest absolute Gasteiger partial charge is 0.342 e. The van der Waals surface area contributed by atoms with Gasteiger partial charge in [0.2, 0.25) is 5.91 Å². The van der Waals surface area contributed by atoms with Crippen LogP contribution < -0.4 is 5.69 Å². The van der Waals surface area contributed by atoms with E-state index < -0.39 is 0 Å². The average molecular weight is 382 g/mol. The van der Waals surface area contributed by atoms with Crippen LogP contribution in [0.4, 0.5) is 0 Å². The van der Waals surface area contributed by atoms with Gasteiger partial charge in [-0.2, -0.15) is 0 Å². The topological polar surface area (TPSA) is 58.1 Å². The number of piperidine rings is 1. The smallest absolute Gasteiger partial charge is 0.326 e. The number of carbonyl (C=O) groups is 1. The predicted molar refractivity (Wildman–Crippen MR) is 109 cm³/mol. The number of hydrogen-bond donors (Lipinski definition) is 1. The molecule has 5 nitrogen and oxygen atoms in total. The van der Waals surface area contributed by atoms with Crippen LogP contribution in [0.3, 0.4) is 0 Å². The molecule has 6 heteroatoms. The van der Waals surface area contributed by atoms with Gasteiger partial charge < -0.3 is 9.88 Å². The molecule has 1 atom stereocenters. The summed E-state index contributed by atoms with van der Waals surface area (Å²) in [6, 6.07) is 17.9. The van der Waals surface area contributed by atoms with Crippen molar-refractivity contribution in [3.05, 3.63) is 65.1 Å². The summed E-state index contributed by atoms with van der Waals surface area (Å²) in [5, 5.41) is -0.111. The third kappa shape index (κ3) is 3.67. The number of aromatic nitrogens is 2. The highest BCUT2D eigenvalue weighted by Gasteiger charge is 2.28. The number of hydrogen-bond acceptors (Lipinski definition) is 3. The fourth-order valence-electron chi connectivity index (χ4n) is 3.79. The Hall–Kier alpha value is -2.47. The molecule has 0 radical (unpaired) electrons. The molecule has 1 aromatic heterocycles. The minimum atomic E-state index is -0.111. The Morgan fingerprint density at radius 1 is 1.07 bits per heavy atom. The third-order valence-corrected chi connectivity index (χ3v) is 6.27. The molecule has 27 heavy (non-hydrogen) atoms. The summed E-state index contributed by atoms with van der Waals surface area (Å²) >= 11 is 1.60. The number of H-pyrrole nitrogens is 1. The highest BCUT2D eigenvalue weighted by Crippen LogP contribution is 2.28. The Balaban J connectivity index is 1.42. The van der Waals surface area contributed by atoms with Crippen molar-refractivity contribution in [3.63, 3.8) is 0 Å². The minimum absolute atomic E-state index is 0.0611. The molecule has 1 fully saturated rings. The van der Waals surface area contributed by atoms with Crippen molar-refractivity contribution in [2.75, 3.05) is 13.1 Å². The molecule has 3 aromatic rings. The van der Waals surface area contributed by atoms with Gasteiger partial charge in [-0.1, -0.05) is 30.3 Å². The molecule has 1 aliphatic heterocycles. The van der Waals surface area contributed by atoms with Crippen LogP contribution in [0.1, 0.15) is 25.8 Å². The Morgan fingerprint density at radius 3 is 2.48 bits per heavy atom. The molecule has 1 unspecified atom stereocenters. The van der Waals surface area contributed by atoms with E-state index in [0.717, 1.165) is 28.8 Å². The number of thioether (sulfide) groups is 1. The molecular weight excluding hydrogens is 358 g/mol. The van der Waals surface area contributed by atoms with Gasteiger partial charge in [-0.15, -0.1) is 11.8 Å². The van der Waals surface area contributed by atoms with Crippen molar-refractivity contribution in [1.29, 1.82) is 0 Å². The molecule has 0 aliphatic carbocycles. The third-order valence-electron chi connectivity index (χ3n) is 5.17. The summed E-state index contributed by atoms with van der Waals surface area (Å²) in [4.78, 5) is 31.2. The van der Waals surface area contributed by atoms with Crippen LogP contribution in [-0.2, 0) is 4.79 Å². The maximum Gasteiger partial charge on any atom is 0.326 e. The Morgan fingerprint density at radius 2 is 1.74 bits per heavy atom. The number of benzene rings is 2. The zero-order valence-corrected chi connectivity index (χ0v) is 16.1. The number of likely N-dealkylation sites (tertiary alicyclic amines) is 1. The van der Waals surface area contributed by atoms with Gasteiger partial charge in [0.15, 0.2) is 0 Å². The Bertz CT molecular complexity index is 987. The monoisotopic (exact) mass is 381 g/mol. The zero-order chi connectivity index (χ0) is 18.8. The van der Waals surface area contributed by atoms with E-state index in [1.54, 1.807) is 11.8 Å². The van der Waals surface area contributed by atoms with Gasteiger partial charge in [-0.05, 0) is 44.0 Å². The standard InChI is InChI=1S/C21H23N3O2S/c1-15(27-17-7-3-2-4-8-17)20(25)23-13-11-16(12-14-23)24-19-10-6-5-9-18(19)22-21(24)26/h2-10,15-16H,11-14H2,1H3,(H,22,26). The van der Waals surface area contributed by atoms with Crippen molar-refractivity contribution in [3.8, 4) is 0 Å². The van der Waals surface area contributed by atoms with Crippen molar-refractivity contribution in [1.82, 2.24) is 14.5 Å². The molecule has 1 aliphatic rings. The number of para-hydroxylation sites is 2. The molecule has 1 saturated heterocycles. The van der Waals surface area contributed by atoms with Crippen molar-refractivity contribution < 1.29 is 4.79 Å². The number of aromatic amines is 1. The van der Waals surface area contributed by atoms with Gasteiger partial charge in [0.25, 0.3) is 0 Å². The predicted octanol–water partition coefficient (Wildman–Crippen LogP) is 3.67. The molecule has 0 spiro atoms. The average Bonchev–Trinajstić information content (AvgIpc) is 3.04. The second kappa shape index (κ2) is 7.64. The zero-order valence-electron chi connectivity index (χ0n) is 15.3. The molecule has 2 aromatic carbocycles. The lowest BCUT2D eigenvalue weighted by Gasteiger charge is -2.34. The van der Waals surface area contributed by atoms with E-state index in [4.69, 9.17) is 0 Å². The summed E-state index contributed by atoms with van der Waals surface area (Å²) in [6.07, 6.45) is 1.60. The van der Waals surface area contributed by atoms with Gasteiger partial charge in [-0.25, -0.2) is 4.79 Å². The van der Waals surface area contributed by atoms with Crippen LogP contribution >= 0.6 is 11.8 Å². The number of nitrogens with one attached hydrogen (secondary N) is 1. The van der Waals surface area contributed by atoms with E-state index in [0.29, 0.717) is 13.1 Å². The summed E-state index contributed by atoms with van der Waals surface area (Å²) in [5.74, 6) is 0.175. The lowest BCUT2D eigenvalue weighted by atomic mass is 10.0. The second-order valence-electron chi connectivity index (χ2n) is 6.95. The highest BCUT2D eigenvalue weighted by molar-refractivity contribution is 8.00. The first-order valence-corrected chi connectivity index (χ1v) is 10.2. The Labute approximate surface area is 162 Å². The number of fused-ring (bicyclic) bond motifs is 1. The summed E-state index contributed by atoms with van der Waals surface area (Å²) < 4.78 is 1.86. The molecular formula is C21H23N3O2S. The van der Waals surface area contributed by atoms with Gasteiger partial charge in [0, 0.05) is 24.0 Å². The lowest BCUT2D eigenvalue weighted by molar-refractivity contribution is -0.131. The van der Waals surface area contributed by atoms with Crippen molar-refractivity contribution in [2.24, 2.45) is 0 Å². The SMILES string of the molecule is CC(Sc1ccccc1)C(=O)N1CCC(n2c(=O)[nH]c3ccccc32)CC1. The first-order valence-electron chi connectivity index (χ1n) is 9.33. The summed E-state index contributed by atoms with van der Waals surface area (Å²) in [6.45, 7) is 3.35. The van der Waals surface area contributed by atoms with E-state index >= 15 is 0 Å². The maximum atomic E-state index is 12.8. The molecule has 1 N–H and O–H groups in total. The number of nitrogens with zero attached hydrogens (tertiary/aromatic N) is 2. The highest BCUT2D eigenvalue weighted by atomic mass is 32.2. The van der Waals surface area contributed by atoms with Crippen molar-refractivity contribution in [2.45, 2.75) is 36.0 Å². The van der Waals surface area contributed by atoms with Gasteiger partial charge in [0.05, 0.1) is 16.3 Å². The van der Waals surface area contributed by atoms with Gasteiger partial charge >= 0.3 is 5.69 Å². The van der Waals surface area contributed by atoms with Crippen LogP contribution in [0.2, 0.25) is 0 Å². The number of imidazole rings is 1. The molecule has 1 amide bonds. The van der Waals surface area contributed by atoms with Crippen LogP contribution in [0.25, 0.3) is 11.0 Å². The van der Waals surface area contributed by atoms with Gasteiger partial charge in [0.1, 0.15) is 0 Å². The first-order chi connectivity index (χ1) is 13.1. The lowest BCUT2D eigenvalue weighted by Crippen LogP contribution is -2.43. The van der Waals surface area contributed by atoms with E-state index in [2.05, 4.69) is 4.98 Å². The fraction of sp³-hybridized carbons (Fsp3) is 0.333. The summed E-state index contributed by atoms with van der Waals surface area (Å²) in [7, 11) is 0. The fourth-order valence-corrected chi connectivity index (χ4v) is 4.76. The van der Waals surface area contributed by atoms with Crippen LogP contribution in [-0.4, -0.2) is 38.7 Å². The molecule has 140 valence electrons. The van der Waals surface area contributed by atoms with E-state index in [1.807, 2.05) is 71.0 Å². The van der Waals surface area contributed by atoms with E-state index in [1.165, 1.54) is 0 Å². The quantitative estimate of drug-likeness (QED) is 0.702. The van der Waals surface area contributed by atoms with Crippen LogP contribution in [0, 0.1) is 0 Å². The molecule has 0 bridgehead atoms. The number of carbonyl (C=O) groups excluding carboxylic acids is 1. The first kappa shape index (κ1) is 17.9. The van der Waals surface area contributed by atoms with Crippen LogP contribution in [0.15, 0.2) is 64.3 Å². The minimum Gasteiger partial charge on any atom is -0.342 e. The van der Waals surface area contributed by atoms with Crippen molar-refractivity contribution >= 4 is 28.7 Å². The molecule has 0 saturated carbocycles. The van der Waals surface area contributed by atoms with E-state index in [9.17, 15) is 9.59 Å². The molecule has 4 rings (SSSR count). The van der Waals surface area contributed by atoms with Gasteiger partial charge in [-0.3, -0.25) is 9.36 Å².